The monoisotopic (exact) mass is 311 g/mol. The van der Waals surface area contributed by atoms with Crippen molar-refractivity contribution >= 4 is 21.7 Å². The molecule has 4 nitrogen and oxygen atoms in total. The van der Waals surface area contributed by atoms with E-state index in [9.17, 15) is 4.79 Å². The molecule has 1 heterocycles. The molecule has 0 amide bonds. The number of rotatable bonds is 6. The molecule has 3 aromatic rings. The Bertz CT molecular complexity index is 865. The van der Waals surface area contributed by atoms with Gasteiger partial charge in [0.25, 0.3) is 0 Å². The molecule has 0 saturated heterocycles. The zero-order chi connectivity index (χ0) is 16.2. The van der Waals surface area contributed by atoms with E-state index in [-0.39, 0.29) is 5.63 Å². The number of ether oxygens (including phenoxy) is 1. The highest BCUT2D eigenvalue weighted by Crippen LogP contribution is 2.31. The van der Waals surface area contributed by atoms with Gasteiger partial charge in [-0.15, -0.1) is 0 Å². The summed E-state index contributed by atoms with van der Waals surface area (Å²) in [5, 5.41) is 2.32. The van der Waals surface area contributed by atoms with Crippen LogP contribution in [0.15, 0.2) is 51.7 Å². The van der Waals surface area contributed by atoms with Crippen molar-refractivity contribution < 1.29 is 9.15 Å². The Hall–Kier alpha value is -2.33. The second-order valence-electron chi connectivity index (χ2n) is 5.44. The summed E-state index contributed by atoms with van der Waals surface area (Å²) in [5.74, 6) is 0.759. The van der Waals surface area contributed by atoms with Gasteiger partial charge >= 0.3 is 5.63 Å². The summed E-state index contributed by atoms with van der Waals surface area (Å²) in [5.41, 5.74) is 0.252. The molecule has 0 spiro atoms. The molecule has 0 aliphatic rings. The van der Waals surface area contributed by atoms with Crippen LogP contribution < -0.4 is 10.4 Å². The van der Waals surface area contributed by atoms with Crippen molar-refractivity contribution in [3.05, 3.63) is 52.9 Å². The minimum absolute atomic E-state index is 0.312. The molecule has 120 valence electrons. The number of hydrogen-bond donors (Lipinski definition) is 0. The number of nitrogens with zero attached hydrogens (tertiary/aromatic N) is 1. The molecule has 0 fully saturated rings. The molecule has 0 saturated carbocycles. The first-order chi connectivity index (χ1) is 11.2. The summed E-state index contributed by atoms with van der Waals surface area (Å²) in [6.45, 7) is 7.78. The van der Waals surface area contributed by atoms with Crippen LogP contribution in [0.3, 0.4) is 0 Å². The van der Waals surface area contributed by atoms with E-state index >= 15 is 0 Å². The molecule has 0 radical (unpaired) electrons. The van der Waals surface area contributed by atoms with Crippen molar-refractivity contribution in [3.8, 4) is 5.75 Å². The van der Waals surface area contributed by atoms with Gasteiger partial charge in [-0.05, 0) is 31.3 Å². The minimum atomic E-state index is -0.312. The summed E-state index contributed by atoms with van der Waals surface area (Å²) >= 11 is 0. The van der Waals surface area contributed by atoms with Crippen LogP contribution in [0.4, 0.5) is 0 Å². The third kappa shape index (κ3) is 3.08. The second-order valence-corrected chi connectivity index (χ2v) is 5.44. The SMILES string of the molecule is CCN(CC)CCOc1cccc2oc(=O)c3ccccc3c12. The summed E-state index contributed by atoms with van der Waals surface area (Å²) in [4.78, 5) is 14.4. The molecule has 0 bridgehead atoms. The fourth-order valence-electron chi connectivity index (χ4n) is 2.84. The average molecular weight is 311 g/mol. The van der Waals surface area contributed by atoms with Crippen molar-refractivity contribution in [2.24, 2.45) is 0 Å². The molecule has 0 atom stereocenters. The van der Waals surface area contributed by atoms with E-state index in [1.54, 1.807) is 12.1 Å². The van der Waals surface area contributed by atoms with E-state index in [1.807, 2.05) is 30.3 Å². The number of fused-ring (bicyclic) bond motifs is 3. The van der Waals surface area contributed by atoms with Crippen LogP contribution in [0.1, 0.15) is 13.8 Å². The van der Waals surface area contributed by atoms with Gasteiger partial charge < -0.3 is 14.1 Å². The smallest absolute Gasteiger partial charge is 0.344 e. The first-order valence-corrected chi connectivity index (χ1v) is 8.04. The van der Waals surface area contributed by atoms with E-state index in [0.717, 1.165) is 36.2 Å². The topological polar surface area (TPSA) is 42.7 Å². The lowest BCUT2D eigenvalue weighted by Crippen LogP contribution is -2.27. The van der Waals surface area contributed by atoms with Gasteiger partial charge in [-0.25, -0.2) is 4.79 Å². The molecule has 23 heavy (non-hydrogen) atoms. The molecule has 1 aromatic heterocycles. The molecule has 0 N–H and O–H groups in total. The molecule has 0 unspecified atom stereocenters. The fourth-order valence-corrected chi connectivity index (χ4v) is 2.84. The molecule has 0 aliphatic carbocycles. The van der Waals surface area contributed by atoms with Crippen LogP contribution in [-0.2, 0) is 0 Å². The molecule has 4 heteroatoms. The van der Waals surface area contributed by atoms with Crippen molar-refractivity contribution in [3.63, 3.8) is 0 Å². The summed E-state index contributed by atoms with van der Waals surface area (Å²) in [6.07, 6.45) is 0. The van der Waals surface area contributed by atoms with Crippen molar-refractivity contribution in [1.82, 2.24) is 4.90 Å². The van der Waals surface area contributed by atoms with Gasteiger partial charge in [0.1, 0.15) is 17.9 Å². The predicted octanol–water partition coefficient (Wildman–Crippen LogP) is 3.67. The Morgan fingerprint density at radius 1 is 1.00 bits per heavy atom. The highest BCUT2D eigenvalue weighted by Gasteiger charge is 2.11. The Morgan fingerprint density at radius 2 is 1.74 bits per heavy atom. The largest absolute Gasteiger partial charge is 0.491 e. The first kappa shape index (κ1) is 15.6. The molecular formula is C19H21NO3. The van der Waals surface area contributed by atoms with Crippen LogP contribution >= 0.6 is 0 Å². The normalized spacial score (nSPS) is 11.4. The Kier molecular flexibility index (Phi) is 4.63. The zero-order valence-electron chi connectivity index (χ0n) is 13.5. The summed E-state index contributed by atoms with van der Waals surface area (Å²) in [6, 6.07) is 13.1. The summed E-state index contributed by atoms with van der Waals surface area (Å²) < 4.78 is 11.4. The molecule has 3 rings (SSSR count). The van der Waals surface area contributed by atoms with Gasteiger partial charge in [-0.3, -0.25) is 0 Å². The Balaban J connectivity index is 2.01. The van der Waals surface area contributed by atoms with E-state index < -0.39 is 0 Å². The van der Waals surface area contributed by atoms with Crippen LogP contribution in [0.5, 0.6) is 5.75 Å². The van der Waals surface area contributed by atoms with Crippen LogP contribution in [-0.4, -0.2) is 31.1 Å². The summed E-state index contributed by atoms with van der Waals surface area (Å²) in [7, 11) is 0. The van der Waals surface area contributed by atoms with Gasteiger partial charge in [0.15, 0.2) is 0 Å². The highest BCUT2D eigenvalue weighted by atomic mass is 16.5. The third-order valence-electron chi connectivity index (χ3n) is 4.17. The average Bonchev–Trinajstić information content (AvgIpc) is 2.59. The zero-order valence-corrected chi connectivity index (χ0v) is 13.5. The van der Waals surface area contributed by atoms with Crippen molar-refractivity contribution in [2.45, 2.75) is 13.8 Å². The third-order valence-corrected chi connectivity index (χ3v) is 4.17. The standard InChI is InChI=1S/C19H21NO3/c1-3-20(4-2)12-13-22-16-10-7-11-17-18(16)14-8-5-6-9-15(14)19(21)23-17/h5-11H,3-4,12-13H2,1-2H3. The van der Waals surface area contributed by atoms with Crippen LogP contribution in [0.25, 0.3) is 21.7 Å². The molecular weight excluding hydrogens is 290 g/mol. The van der Waals surface area contributed by atoms with Gasteiger partial charge in [0.2, 0.25) is 0 Å². The predicted molar refractivity (Wildman–Crippen MR) is 93.3 cm³/mol. The van der Waals surface area contributed by atoms with E-state index in [0.29, 0.717) is 17.6 Å². The number of likely N-dealkylation sites (N-methyl/N-ethyl adjacent to an activating group) is 1. The first-order valence-electron chi connectivity index (χ1n) is 8.04. The molecule has 0 aliphatic heterocycles. The fraction of sp³-hybridized carbons (Fsp3) is 0.316. The second kappa shape index (κ2) is 6.84. The lowest BCUT2D eigenvalue weighted by Gasteiger charge is -2.18. The lowest BCUT2D eigenvalue weighted by molar-refractivity contribution is 0.224. The number of hydrogen-bond acceptors (Lipinski definition) is 4. The van der Waals surface area contributed by atoms with E-state index in [4.69, 9.17) is 9.15 Å². The van der Waals surface area contributed by atoms with Gasteiger partial charge in [0, 0.05) is 11.9 Å². The van der Waals surface area contributed by atoms with Gasteiger partial charge in [0.05, 0.1) is 10.8 Å². The highest BCUT2D eigenvalue weighted by molar-refractivity contribution is 6.07. The minimum Gasteiger partial charge on any atom is -0.491 e. The maximum Gasteiger partial charge on any atom is 0.344 e. The maximum atomic E-state index is 12.1. The maximum absolute atomic E-state index is 12.1. The van der Waals surface area contributed by atoms with E-state index in [2.05, 4.69) is 18.7 Å². The van der Waals surface area contributed by atoms with Crippen molar-refractivity contribution in [1.29, 1.82) is 0 Å². The Morgan fingerprint density at radius 3 is 2.48 bits per heavy atom. The number of benzene rings is 2. The van der Waals surface area contributed by atoms with E-state index in [1.165, 1.54) is 0 Å². The quantitative estimate of drug-likeness (QED) is 0.514. The Labute approximate surface area is 135 Å². The van der Waals surface area contributed by atoms with Gasteiger partial charge in [-0.1, -0.05) is 38.1 Å². The van der Waals surface area contributed by atoms with Gasteiger partial charge in [-0.2, -0.15) is 0 Å². The van der Waals surface area contributed by atoms with Crippen molar-refractivity contribution in [2.75, 3.05) is 26.2 Å². The van der Waals surface area contributed by atoms with Crippen LogP contribution in [0, 0.1) is 0 Å². The van der Waals surface area contributed by atoms with Crippen LogP contribution in [0.2, 0.25) is 0 Å². The lowest BCUT2D eigenvalue weighted by atomic mass is 10.1. The molecule has 2 aromatic carbocycles.